The molecule has 0 bridgehead atoms. The van der Waals surface area contributed by atoms with E-state index < -0.39 is 10.7 Å². The van der Waals surface area contributed by atoms with Gasteiger partial charge in [0.2, 0.25) is 0 Å². The summed E-state index contributed by atoms with van der Waals surface area (Å²) in [5.74, 6) is -0.207. The standard InChI is InChI=1S/C6H7NO3S/c7-5-2-1-4(11(9)10)3-6(5)8/h1-3,8,11H,7H2. The van der Waals surface area contributed by atoms with E-state index >= 15 is 0 Å². The maximum Gasteiger partial charge on any atom is 0.168 e. The summed E-state index contributed by atoms with van der Waals surface area (Å²) < 4.78 is 20.7. The summed E-state index contributed by atoms with van der Waals surface area (Å²) in [4.78, 5) is 0.0618. The molecule has 0 aromatic heterocycles. The molecular weight excluding hydrogens is 166 g/mol. The average Bonchev–Trinajstić information content (AvgIpc) is 1.94. The van der Waals surface area contributed by atoms with Gasteiger partial charge in [-0.25, -0.2) is 8.42 Å². The third-order valence-corrected chi connectivity index (χ3v) is 1.92. The number of anilines is 1. The zero-order valence-electron chi connectivity index (χ0n) is 5.52. The molecule has 3 N–H and O–H groups in total. The molecule has 0 atom stereocenters. The molecule has 4 nitrogen and oxygen atoms in total. The third-order valence-electron chi connectivity index (χ3n) is 1.22. The molecule has 0 aliphatic carbocycles. The van der Waals surface area contributed by atoms with Crippen LogP contribution in [0, 0.1) is 0 Å². The fraction of sp³-hybridized carbons (Fsp3) is 0. The summed E-state index contributed by atoms with van der Waals surface area (Å²) in [6.07, 6.45) is 0. The first-order chi connectivity index (χ1) is 5.11. The first kappa shape index (κ1) is 7.87. The van der Waals surface area contributed by atoms with Crippen molar-refractivity contribution < 1.29 is 13.5 Å². The highest BCUT2D eigenvalue weighted by Crippen LogP contribution is 2.20. The molecule has 0 unspecified atom stereocenters. The number of thiol groups is 1. The zero-order chi connectivity index (χ0) is 8.43. The van der Waals surface area contributed by atoms with Crippen LogP contribution < -0.4 is 5.73 Å². The molecule has 0 aliphatic rings. The molecule has 0 saturated heterocycles. The van der Waals surface area contributed by atoms with Gasteiger partial charge in [0.05, 0.1) is 10.6 Å². The Labute approximate surface area is 65.2 Å². The van der Waals surface area contributed by atoms with Crippen molar-refractivity contribution in [1.29, 1.82) is 0 Å². The van der Waals surface area contributed by atoms with Crippen molar-refractivity contribution in [3.63, 3.8) is 0 Å². The van der Waals surface area contributed by atoms with Gasteiger partial charge in [-0.1, -0.05) is 0 Å². The molecule has 0 fully saturated rings. The number of hydrogen-bond donors (Lipinski definition) is 3. The zero-order valence-corrected chi connectivity index (χ0v) is 6.41. The van der Waals surface area contributed by atoms with Crippen LogP contribution in [0.25, 0.3) is 0 Å². The Morgan fingerprint density at radius 2 is 2.00 bits per heavy atom. The quantitative estimate of drug-likeness (QED) is 0.316. The normalized spacial score (nSPS) is 10.3. The number of phenols is 1. The van der Waals surface area contributed by atoms with E-state index in [0.29, 0.717) is 0 Å². The van der Waals surface area contributed by atoms with Crippen molar-refractivity contribution >= 4 is 16.4 Å². The van der Waals surface area contributed by atoms with Crippen molar-refractivity contribution in [1.82, 2.24) is 0 Å². The predicted octanol–water partition coefficient (Wildman–Crippen LogP) is -0.0553. The molecule has 1 aromatic rings. The Morgan fingerprint density at radius 1 is 1.36 bits per heavy atom. The van der Waals surface area contributed by atoms with Crippen molar-refractivity contribution in [2.75, 3.05) is 5.73 Å². The van der Waals surface area contributed by atoms with E-state index in [9.17, 15) is 8.42 Å². The van der Waals surface area contributed by atoms with Crippen LogP contribution in [0.3, 0.4) is 0 Å². The number of hydrogen-bond acceptors (Lipinski definition) is 4. The van der Waals surface area contributed by atoms with E-state index in [1.54, 1.807) is 0 Å². The van der Waals surface area contributed by atoms with Gasteiger partial charge in [0.1, 0.15) is 5.75 Å². The van der Waals surface area contributed by atoms with Crippen molar-refractivity contribution in [3.05, 3.63) is 18.2 Å². The fourth-order valence-electron chi connectivity index (χ4n) is 0.646. The maximum atomic E-state index is 10.3. The molecule has 1 rings (SSSR count). The predicted molar refractivity (Wildman–Crippen MR) is 41.1 cm³/mol. The van der Waals surface area contributed by atoms with Gasteiger partial charge in [-0.15, -0.1) is 0 Å². The van der Waals surface area contributed by atoms with Gasteiger partial charge in [-0.2, -0.15) is 0 Å². The molecule has 0 spiro atoms. The molecule has 1 aromatic carbocycles. The smallest absolute Gasteiger partial charge is 0.168 e. The molecule has 0 amide bonds. The van der Waals surface area contributed by atoms with Crippen LogP contribution in [0.1, 0.15) is 0 Å². The van der Waals surface area contributed by atoms with Gasteiger partial charge >= 0.3 is 0 Å². The molecule has 5 heteroatoms. The minimum absolute atomic E-state index is 0.0618. The summed E-state index contributed by atoms with van der Waals surface area (Å²) in [6, 6.07) is 3.79. The molecule has 11 heavy (non-hydrogen) atoms. The Balaban J connectivity index is 3.26. The van der Waals surface area contributed by atoms with Crippen molar-refractivity contribution in [2.24, 2.45) is 0 Å². The van der Waals surface area contributed by atoms with Gasteiger partial charge in [-0.05, 0) is 12.1 Å². The topological polar surface area (TPSA) is 80.4 Å². The summed E-state index contributed by atoms with van der Waals surface area (Å²) in [7, 11) is -2.64. The molecular formula is C6H7NO3S. The second kappa shape index (κ2) is 2.79. The monoisotopic (exact) mass is 173 g/mol. The van der Waals surface area contributed by atoms with Crippen molar-refractivity contribution in [3.8, 4) is 5.75 Å². The minimum Gasteiger partial charge on any atom is -0.506 e. The highest BCUT2D eigenvalue weighted by Gasteiger charge is 1.99. The van der Waals surface area contributed by atoms with Gasteiger partial charge in [0.15, 0.2) is 10.7 Å². The number of phenolic OH excluding ortho intramolecular Hbond substituents is 1. The number of nitrogen functional groups attached to an aromatic ring is 1. The molecule has 0 aliphatic heterocycles. The van der Waals surface area contributed by atoms with E-state index in [4.69, 9.17) is 10.8 Å². The van der Waals surface area contributed by atoms with Crippen LogP contribution in [-0.2, 0) is 10.7 Å². The Kier molecular flexibility index (Phi) is 2.00. The number of nitrogens with two attached hydrogens (primary N) is 1. The van der Waals surface area contributed by atoms with Crippen LogP contribution in [-0.4, -0.2) is 13.5 Å². The number of aromatic hydroxyl groups is 1. The molecule has 0 radical (unpaired) electrons. The van der Waals surface area contributed by atoms with Gasteiger partial charge in [-0.3, -0.25) is 0 Å². The molecule has 0 saturated carbocycles. The lowest BCUT2D eigenvalue weighted by Crippen LogP contribution is -1.86. The van der Waals surface area contributed by atoms with E-state index in [1.165, 1.54) is 12.1 Å². The fourth-order valence-corrected chi connectivity index (χ4v) is 1.07. The second-order valence-corrected chi connectivity index (χ2v) is 3.03. The highest BCUT2D eigenvalue weighted by atomic mass is 32.2. The van der Waals surface area contributed by atoms with E-state index in [2.05, 4.69) is 0 Å². The van der Waals surface area contributed by atoms with Crippen LogP contribution in [0.5, 0.6) is 5.75 Å². The van der Waals surface area contributed by atoms with Gasteiger partial charge < -0.3 is 10.8 Å². The summed E-state index contributed by atoms with van der Waals surface area (Å²) in [6.45, 7) is 0. The van der Waals surface area contributed by atoms with Gasteiger partial charge in [0, 0.05) is 6.07 Å². The van der Waals surface area contributed by atoms with E-state index in [1.807, 2.05) is 0 Å². The summed E-state index contributed by atoms with van der Waals surface area (Å²) >= 11 is 0. The highest BCUT2D eigenvalue weighted by molar-refractivity contribution is 7.72. The molecule has 60 valence electrons. The van der Waals surface area contributed by atoms with E-state index in [0.717, 1.165) is 6.07 Å². The summed E-state index contributed by atoms with van der Waals surface area (Å²) in [5.41, 5.74) is 5.41. The first-order valence-electron chi connectivity index (χ1n) is 2.84. The lowest BCUT2D eigenvalue weighted by molar-refractivity contribution is 0.476. The lowest BCUT2D eigenvalue weighted by atomic mass is 10.3. The third kappa shape index (κ3) is 1.62. The minimum atomic E-state index is -2.64. The number of benzene rings is 1. The Morgan fingerprint density at radius 3 is 2.45 bits per heavy atom. The Hall–Kier alpha value is -1.23. The molecule has 0 heterocycles. The van der Waals surface area contributed by atoms with Crippen molar-refractivity contribution in [2.45, 2.75) is 4.90 Å². The second-order valence-electron chi connectivity index (χ2n) is 2.00. The van der Waals surface area contributed by atoms with Crippen LogP contribution >= 0.6 is 0 Å². The average molecular weight is 173 g/mol. The van der Waals surface area contributed by atoms with E-state index in [-0.39, 0.29) is 16.3 Å². The van der Waals surface area contributed by atoms with Crippen LogP contribution in [0.2, 0.25) is 0 Å². The Bertz CT molecular complexity index is 338. The maximum absolute atomic E-state index is 10.3. The van der Waals surface area contributed by atoms with Crippen LogP contribution in [0.4, 0.5) is 5.69 Å². The first-order valence-corrected chi connectivity index (χ1v) is 4.02. The van der Waals surface area contributed by atoms with Crippen LogP contribution in [0.15, 0.2) is 23.1 Å². The van der Waals surface area contributed by atoms with Gasteiger partial charge in [0.25, 0.3) is 0 Å². The largest absolute Gasteiger partial charge is 0.506 e. The SMILES string of the molecule is Nc1ccc([SH](=O)=O)cc1O. The lowest BCUT2D eigenvalue weighted by Gasteiger charge is -1.96. The summed E-state index contributed by atoms with van der Waals surface area (Å²) in [5, 5.41) is 8.96. The number of rotatable bonds is 1.